The van der Waals surface area contributed by atoms with Crippen LogP contribution in [0.15, 0.2) is 110 Å². The molecule has 0 saturated carbocycles. The number of thiazole rings is 1. The van der Waals surface area contributed by atoms with E-state index in [0.29, 0.717) is 6.54 Å². The highest BCUT2D eigenvalue weighted by Crippen LogP contribution is 2.37. The van der Waals surface area contributed by atoms with E-state index in [1.54, 1.807) is 28.5 Å². The van der Waals surface area contributed by atoms with Crippen molar-refractivity contribution in [1.82, 2.24) is 25.3 Å². The molecular weight excluding hydrogens is 402 g/mol. The highest BCUT2D eigenvalue weighted by atomic mass is 32.1. The van der Waals surface area contributed by atoms with Crippen molar-refractivity contribution in [2.45, 2.75) is 12.1 Å². The lowest BCUT2D eigenvalue weighted by molar-refractivity contribution is 0.473. The molecule has 3 aromatic carbocycles. The van der Waals surface area contributed by atoms with Gasteiger partial charge in [-0.25, -0.2) is 4.98 Å². The van der Waals surface area contributed by atoms with E-state index in [4.69, 9.17) is 0 Å². The fourth-order valence-corrected chi connectivity index (χ4v) is 4.64. The summed E-state index contributed by atoms with van der Waals surface area (Å²) in [6.07, 6.45) is 5.21. The number of aromatic nitrogens is 4. The standard InChI is InChI=1S/C25H21N5S/c1-4-10-20(11-5-1)25(21-12-6-2-7-13-21,22-14-8-3-9-15-22)27-19-23-18-26-24(31-23)30-28-16-17-29-30/h1-18,27H,19H2. The van der Waals surface area contributed by atoms with Crippen LogP contribution < -0.4 is 5.32 Å². The fourth-order valence-electron chi connectivity index (χ4n) is 3.88. The summed E-state index contributed by atoms with van der Waals surface area (Å²) in [5.74, 6) is 0. The third kappa shape index (κ3) is 3.79. The van der Waals surface area contributed by atoms with Gasteiger partial charge >= 0.3 is 0 Å². The van der Waals surface area contributed by atoms with Crippen molar-refractivity contribution in [1.29, 1.82) is 0 Å². The van der Waals surface area contributed by atoms with Crippen LogP contribution >= 0.6 is 11.3 Å². The minimum absolute atomic E-state index is 0.502. The van der Waals surface area contributed by atoms with Gasteiger partial charge in [0, 0.05) is 17.6 Å². The Morgan fingerprint density at radius 2 is 1.19 bits per heavy atom. The molecule has 0 saturated heterocycles. The zero-order valence-corrected chi connectivity index (χ0v) is 17.6. The number of hydrogen-bond acceptors (Lipinski definition) is 5. The van der Waals surface area contributed by atoms with E-state index in [0.717, 1.165) is 10.0 Å². The second-order valence-electron chi connectivity index (χ2n) is 7.13. The van der Waals surface area contributed by atoms with E-state index in [-0.39, 0.29) is 0 Å². The molecular formula is C25H21N5S. The SMILES string of the molecule is c1ccc(C(NCc2cnc(-n3nccn3)s2)(c2ccccc2)c2ccccc2)cc1. The molecule has 5 aromatic rings. The molecule has 0 fully saturated rings. The molecule has 1 N–H and O–H groups in total. The van der Waals surface area contributed by atoms with Crippen molar-refractivity contribution in [2.24, 2.45) is 0 Å². The summed E-state index contributed by atoms with van der Waals surface area (Å²) >= 11 is 1.58. The number of nitrogens with zero attached hydrogens (tertiary/aromatic N) is 4. The Morgan fingerprint density at radius 1 is 0.710 bits per heavy atom. The first-order valence-corrected chi connectivity index (χ1v) is 10.9. The van der Waals surface area contributed by atoms with Gasteiger partial charge in [0.2, 0.25) is 5.13 Å². The molecule has 0 bridgehead atoms. The lowest BCUT2D eigenvalue weighted by Gasteiger charge is -2.37. The van der Waals surface area contributed by atoms with Crippen LogP contribution in [0, 0.1) is 0 Å². The van der Waals surface area contributed by atoms with Gasteiger partial charge < -0.3 is 0 Å². The van der Waals surface area contributed by atoms with Crippen LogP contribution in [-0.4, -0.2) is 20.0 Å². The molecule has 0 aliphatic carbocycles. The minimum Gasteiger partial charge on any atom is -0.295 e. The maximum atomic E-state index is 4.49. The van der Waals surface area contributed by atoms with Gasteiger partial charge in [0.15, 0.2) is 0 Å². The normalized spacial score (nSPS) is 11.5. The van der Waals surface area contributed by atoms with Crippen molar-refractivity contribution in [3.63, 3.8) is 0 Å². The smallest absolute Gasteiger partial charge is 0.230 e. The highest BCUT2D eigenvalue weighted by Gasteiger charge is 2.35. The molecule has 31 heavy (non-hydrogen) atoms. The second-order valence-corrected chi connectivity index (χ2v) is 8.22. The Kier molecular flexibility index (Phi) is 5.39. The van der Waals surface area contributed by atoms with Gasteiger partial charge in [-0.15, -0.1) is 4.80 Å². The maximum absolute atomic E-state index is 4.49. The average Bonchev–Trinajstić information content (AvgIpc) is 3.54. The lowest BCUT2D eigenvalue weighted by Crippen LogP contribution is -2.44. The van der Waals surface area contributed by atoms with Crippen LogP contribution in [0.2, 0.25) is 0 Å². The van der Waals surface area contributed by atoms with Crippen molar-refractivity contribution < 1.29 is 0 Å². The number of nitrogens with one attached hydrogen (secondary N) is 1. The molecule has 0 atom stereocenters. The first-order chi connectivity index (χ1) is 15.4. The molecule has 0 unspecified atom stereocenters. The summed E-state index contributed by atoms with van der Waals surface area (Å²) in [5.41, 5.74) is 3.06. The predicted molar refractivity (Wildman–Crippen MR) is 123 cm³/mol. The van der Waals surface area contributed by atoms with Gasteiger partial charge in [0.25, 0.3) is 0 Å². The molecule has 0 spiro atoms. The van der Waals surface area contributed by atoms with Gasteiger partial charge in [-0.1, -0.05) is 102 Å². The van der Waals surface area contributed by atoms with Gasteiger partial charge in [-0.2, -0.15) is 10.2 Å². The van der Waals surface area contributed by atoms with Gasteiger partial charge in [0.05, 0.1) is 17.9 Å². The topological polar surface area (TPSA) is 55.6 Å². The monoisotopic (exact) mass is 423 g/mol. The van der Waals surface area contributed by atoms with E-state index in [9.17, 15) is 0 Å². The summed E-state index contributed by atoms with van der Waals surface area (Å²) in [6.45, 7) is 0.650. The first kappa shape index (κ1) is 19.4. The van der Waals surface area contributed by atoms with Crippen LogP contribution in [-0.2, 0) is 12.1 Å². The molecule has 0 aliphatic heterocycles. The maximum Gasteiger partial charge on any atom is 0.230 e. The Balaban J connectivity index is 1.58. The zero-order valence-electron chi connectivity index (χ0n) is 16.8. The predicted octanol–water partition coefficient (Wildman–Crippen LogP) is 4.81. The third-order valence-electron chi connectivity index (χ3n) is 5.28. The van der Waals surface area contributed by atoms with Crippen molar-refractivity contribution >= 4 is 11.3 Å². The summed E-state index contributed by atoms with van der Waals surface area (Å²) in [4.78, 5) is 7.15. The Morgan fingerprint density at radius 3 is 1.68 bits per heavy atom. The van der Waals surface area contributed by atoms with Crippen molar-refractivity contribution in [2.75, 3.05) is 0 Å². The van der Waals surface area contributed by atoms with Crippen LogP contribution in [0.25, 0.3) is 5.13 Å². The van der Waals surface area contributed by atoms with Crippen LogP contribution in [0.5, 0.6) is 0 Å². The molecule has 152 valence electrons. The molecule has 2 heterocycles. The second kappa shape index (κ2) is 8.63. The molecule has 5 rings (SSSR count). The summed E-state index contributed by atoms with van der Waals surface area (Å²) < 4.78 is 0. The van der Waals surface area contributed by atoms with Gasteiger partial charge in [-0.05, 0) is 16.7 Å². The Hall–Kier alpha value is -3.61. The molecule has 0 amide bonds. The number of rotatable bonds is 7. The third-order valence-corrected chi connectivity index (χ3v) is 6.24. The average molecular weight is 424 g/mol. The quantitative estimate of drug-likeness (QED) is 0.382. The van der Waals surface area contributed by atoms with Gasteiger partial charge in [0.1, 0.15) is 0 Å². The lowest BCUT2D eigenvalue weighted by atomic mass is 9.77. The number of hydrogen-bond donors (Lipinski definition) is 1. The molecule has 6 heteroatoms. The van der Waals surface area contributed by atoms with E-state index in [1.165, 1.54) is 16.7 Å². The molecule has 0 radical (unpaired) electrons. The summed E-state index contributed by atoms with van der Waals surface area (Å²) in [5, 5.41) is 13.0. The number of benzene rings is 3. The van der Waals surface area contributed by atoms with Crippen LogP contribution in [0.4, 0.5) is 0 Å². The summed E-state index contributed by atoms with van der Waals surface area (Å²) in [6, 6.07) is 31.8. The van der Waals surface area contributed by atoms with Crippen molar-refractivity contribution in [3.05, 3.63) is 131 Å². The van der Waals surface area contributed by atoms with Gasteiger partial charge in [-0.3, -0.25) is 5.32 Å². The van der Waals surface area contributed by atoms with E-state index >= 15 is 0 Å². The Labute approximate surface area is 185 Å². The largest absolute Gasteiger partial charge is 0.295 e. The van der Waals surface area contributed by atoms with E-state index < -0.39 is 5.54 Å². The molecule has 5 nitrogen and oxygen atoms in total. The first-order valence-electron chi connectivity index (χ1n) is 10.1. The fraction of sp³-hybridized carbons (Fsp3) is 0.0800. The molecule has 2 aromatic heterocycles. The summed E-state index contributed by atoms with van der Waals surface area (Å²) in [7, 11) is 0. The zero-order chi connectivity index (χ0) is 20.9. The van der Waals surface area contributed by atoms with E-state index in [1.807, 2.05) is 6.20 Å². The van der Waals surface area contributed by atoms with Crippen LogP contribution in [0.1, 0.15) is 21.6 Å². The highest BCUT2D eigenvalue weighted by molar-refractivity contribution is 7.14. The Bertz CT molecular complexity index is 1120. The molecule has 0 aliphatic rings. The van der Waals surface area contributed by atoms with Crippen LogP contribution in [0.3, 0.4) is 0 Å². The van der Waals surface area contributed by atoms with Crippen molar-refractivity contribution in [3.8, 4) is 5.13 Å². The van der Waals surface area contributed by atoms with E-state index in [2.05, 4.69) is 111 Å². The minimum atomic E-state index is -0.502.